The van der Waals surface area contributed by atoms with Crippen LogP contribution in [0.3, 0.4) is 0 Å². The van der Waals surface area contributed by atoms with Gasteiger partial charge in [0, 0.05) is 22.8 Å². The molecule has 0 saturated carbocycles. The number of hydrogen-bond donors (Lipinski definition) is 1. The van der Waals surface area contributed by atoms with Crippen molar-refractivity contribution in [2.45, 2.75) is 11.7 Å². The molecule has 7 heteroatoms. The number of sulfone groups is 1. The molecule has 0 aliphatic heterocycles. The highest BCUT2D eigenvalue weighted by Gasteiger charge is 2.25. The maximum atomic E-state index is 11.9. The molecule has 5 nitrogen and oxygen atoms in total. The van der Waals surface area contributed by atoms with Crippen LogP contribution in [0.4, 0.5) is 0 Å². The zero-order valence-corrected chi connectivity index (χ0v) is 12.1. The van der Waals surface area contributed by atoms with E-state index in [9.17, 15) is 17.4 Å². The Labute approximate surface area is 115 Å². The standard InChI is InChI=1S/C12H16O5S2/c1-19(16,17)8-7-18(15)11(12(13)14)9-10-5-3-2-4-6-10/h2-6,11H,7-9H2,1H3,(H,13,14). The van der Waals surface area contributed by atoms with Gasteiger partial charge in [-0.05, 0) is 12.0 Å². The van der Waals surface area contributed by atoms with Gasteiger partial charge in [0.25, 0.3) is 0 Å². The third kappa shape index (κ3) is 5.98. The van der Waals surface area contributed by atoms with Crippen LogP contribution < -0.4 is 0 Å². The van der Waals surface area contributed by atoms with Crippen LogP contribution in [0, 0.1) is 0 Å². The van der Waals surface area contributed by atoms with Crippen molar-refractivity contribution in [1.29, 1.82) is 0 Å². The fourth-order valence-corrected chi connectivity index (χ4v) is 4.25. The summed E-state index contributed by atoms with van der Waals surface area (Å²) < 4.78 is 33.9. The van der Waals surface area contributed by atoms with E-state index in [2.05, 4.69) is 0 Å². The van der Waals surface area contributed by atoms with Gasteiger partial charge >= 0.3 is 5.97 Å². The third-order valence-corrected chi connectivity index (χ3v) is 5.33. The van der Waals surface area contributed by atoms with Crippen molar-refractivity contribution < 1.29 is 22.5 Å². The van der Waals surface area contributed by atoms with Crippen LogP contribution in [-0.2, 0) is 31.9 Å². The van der Waals surface area contributed by atoms with Crippen LogP contribution in [0.25, 0.3) is 0 Å². The molecule has 1 aromatic carbocycles. The van der Waals surface area contributed by atoms with Gasteiger partial charge in [-0.25, -0.2) is 8.42 Å². The molecule has 1 rings (SSSR count). The number of carboxylic acids is 1. The highest BCUT2D eigenvalue weighted by Crippen LogP contribution is 2.09. The number of benzene rings is 1. The minimum absolute atomic E-state index is 0.131. The lowest BCUT2D eigenvalue weighted by Gasteiger charge is -2.12. The van der Waals surface area contributed by atoms with Gasteiger partial charge in [0.2, 0.25) is 0 Å². The highest BCUT2D eigenvalue weighted by molar-refractivity contribution is 7.92. The van der Waals surface area contributed by atoms with Crippen molar-refractivity contribution in [1.82, 2.24) is 0 Å². The quantitative estimate of drug-likeness (QED) is 0.791. The van der Waals surface area contributed by atoms with Gasteiger partial charge in [-0.15, -0.1) is 0 Å². The molecule has 0 bridgehead atoms. The van der Waals surface area contributed by atoms with E-state index in [1.165, 1.54) is 0 Å². The molecule has 2 unspecified atom stereocenters. The van der Waals surface area contributed by atoms with Crippen molar-refractivity contribution in [2.75, 3.05) is 17.8 Å². The van der Waals surface area contributed by atoms with Crippen molar-refractivity contribution in [3.8, 4) is 0 Å². The molecule has 0 spiro atoms. The number of rotatable bonds is 7. The fourth-order valence-electron chi connectivity index (χ4n) is 1.50. The SMILES string of the molecule is CS(=O)(=O)CCS(=O)C(Cc1ccccc1)C(=O)O. The molecule has 1 aromatic rings. The van der Waals surface area contributed by atoms with E-state index in [0.29, 0.717) is 0 Å². The summed E-state index contributed by atoms with van der Waals surface area (Å²) >= 11 is 0. The number of carbonyl (C=O) groups is 1. The Morgan fingerprint density at radius 2 is 1.89 bits per heavy atom. The van der Waals surface area contributed by atoms with Crippen molar-refractivity contribution in [3.63, 3.8) is 0 Å². The molecule has 0 heterocycles. The van der Waals surface area contributed by atoms with Crippen molar-refractivity contribution >= 4 is 26.6 Å². The van der Waals surface area contributed by atoms with Gasteiger partial charge in [0.1, 0.15) is 15.1 Å². The van der Waals surface area contributed by atoms with E-state index in [1.54, 1.807) is 30.3 Å². The molecule has 19 heavy (non-hydrogen) atoms. The maximum absolute atomic E-state index is 11.9. The first-order valence-electron chi connectivity index (χ1n) is 5.61. The molecule has 0 aliphatic rings. The molecular formula is C12H16O5S2. The first kappa shape index (κ1) is 15.8. The topological polar surface area (TPSA) is 88.5 Å². The van der Waals surface area contributed by atoms with Gasteiger partial charge < -0.3 is 5.11 Å². The maximum Gasteiger partial charge on any atom is 0.319 e. The minimum atomic E-state index is -3.24. The van der Waals surface area contributed by atoms with Gasteiger partial charge in [0.05, 0.1) is 5.75 Å². The van der Waals surface area contributed by atoms with E-state index in [-0.39, 0.29) is 17.9 Å². The van der Waals surface area contributed by atoms with Gasteiger partial charge in [-0.1, -0.05) is 30.3 Å². The Hall–Kier alpha value is -1.21. The van der Waals surface area contributed by atoms with E-state index in [0.717, 1.165) is 11.8 Å². The van der Waals surface area contributed by atoms with E-state index in [1.807, 2.05) is 0 Å². The summed E-state index contributed by atoms with van der Waals surface area (Å²) in [5, 5.41) is 8.01. The molecule has 0 fully saturated rings. The monoisotopic (exact) mass is 304 g/mol. The Morgan fingerprint density at radius 1 is 1.32 bits per heavy atom. The third-order valence-electron chi connectivity index (χ3n) is 2.51. The first-order chi connectivity index (χ1) is 8.79. The van der Waals surface area contributed by atoms with E-state index < -0.39 is 31.9 Å². The largest absolute Gasteiger partial charge is 0.480 e. The number of aliphatic carboxylic acids is 1. The minimum Gasteiger partial charge on any atom is -0.480 e. The molecule has 2 atom stereocenters. The second-order valence-corrected chi connectivity index (χ2v) is 8.23. The van der Waals surface area contributed by atoms with E-state index >= 15 is 0 Å². The summed E-state index contributed by atoms with van der Waals surface area (Å²) in [4.78, 5) is 11.1. The summed E-state index contributed by atoms with van der Waals surface area (Å²) in [7, 11) is -4.95. The van der Waals surface area contributed by atoms with Crippen LogP contribution in [0.2, 0.25) is 0 Å². The molecule has 1 N–H and O–H groups in total. The summed E-state index contributed by atoms with van der Waals surface area (Å²) in [5.74, 6) is -1.59. The molecule has 106 valence electrons. The fraction of sp³-hybridized carbons (Fsp3) is 0.417. The molecule has 0 saturated heterocycles. The first-order valence-corrected chi connectivity index (χ1v) is 9.05. The predicted octanol–water partition coefficient (Wildman–Crippen LogP) is 0.476. The van der Waals surface area contributed by atoms with Crippen LogP contribution in [0.5, 0.6) is 0 Å². The van der Waals surface area contributed by atoms with Crippen LogP contribution in [-0.4, -0.2) is 46.7 Å². The molecule has 0 aliphatic carbocycles. The summed E-state index contributed by atoms with van der Waals surface area (Å²) in [6.45, 7) is 0. The number of carboxylic acid groups (broad SMARTS) is 1. The highest BCUT2D eigenvalue weighted by atomic mass is 32.2. The summed E-state index contributed by atoms with van der Waals surface area (Å²) in [6, 6.07) is 8.86. The Bertz CT molecular complexity index is 551. The Kier molecular flexibility index (Phi) is 5.68. The number of hydrogen-bond acceptors (Lipinski definition) is 4. The van der Waals surface area contributed by atoms with Crippen LogP contribution in [0.1, 0.15) is 5.56 Å². The molecular weight excluding hydrogens is 288 g/mol. The predicted molar refractivity (Wildman–Crippen MR) is 74.3 cm³/mol. The van der Waals surface area contributed by atoms with Crippen molar-refractivity contribution in [2.24, 2.45) is 0 Å². The van der Waals surface area contributed by atoms with E-state index in [4.69, 9.17) is 5.11 Å². The average Bonchev–Trinajstić information content (AvgIpc) is 2.33. The van der Waals surface area contributed by atoms with Crippen molar-refractivity contribution in [3.05, 3.63) is 35.9 Å². The van der Waals surface area contributed by atoms with Crippen LogP contribution in [0.15, 0.2) is 30.3 Å². The summed E-state index contributed by atoms with van der Waals surface area (Å²) in [5.41, 5.74) is 0.766. The van der Waals surface area contributed by atoms with Gasteiger partial charge in [-0.3, -0.25) is 9.00 Å². The van der Waals surface area contributed by atoms with Gasteiger partial charge in [0.15, 0.2) is 0 Å². The Balaban J connectivity index is 2.73. The second-order valence-electron chi connectivity index (χ2n) is 4.23. The lowest BCUT2D eigenvalue weighted by Crippen LogP contribution is -2.31. The second kappa shape index (κ2) is 6.81. The average molecular weight is 304 g/mol. The normalized spacial score (nSPS) is 14.8. The van der Waals surface area contributed by atoms with Gasteiger partial charge in [-0.2, -0.15) is 0 Å². The lowest BCUT2D eigenvalue weighted by molar-refractivity contribution is -0.136. The molecule has 0 amide bonds. The smallest absolute Gasteiger partial charge is 0.319 e. The molecule has 0 radical (unpaired) electrons. The lowest BCUT2D eigenvalue weighted by atomic mass is 10.1. The zero-order valence-electron chi connectivity index (χ0n) is 10.5. The Morgan fingerprint density at radius 3 is 2.37 bits per heavy atom. The summed E-state index contributed by atoms with van der Waals surface area (Å²) in [6.07, 6.45) is 1.17. The molecule has 0 aromatic heterocycles. The zero-order chi connectivity index (χ0) is 14.5. The van der Waals surface area contributed by atoms with Crippen LogP contribution >= 0.6 is 0 Å².